The molecule has 0 radical (unpaired) electrons. The molecule has 0 aromatic heterocycles. The van der Waals surface area contributed by atoms with Crippen LogP contribution in [0.15, 0.2) is 24.3 Å². The van der Waals surface area contributed by atoms with Crippen LogP contribution in [0.2, 0.25) is 0 Å². The predicted molar refractivity (Wildman–Crippen MR) is 58.0 cm³/mol. The topological polar surface area (TPSA) is 12.0 Å². The van der Waals surface area contributed by atoms with E-state index in [-0.39, 0.29) is 18.5 Å². The largest absolute Gasteiger partial charge is 0.310 e. The maximum Gasteiger partial charge on any atom is 0.127 e. The Bertz CT molecular complexity index is 289. The Morgan fingerprint density at radius 1 is 1.33 bits per heavy atom. The van der Waals surface area contributed by atoms with E-state index in [9.17, 15) is 8.78 Å². The number of alkyl halides is 1. The highest BCUT2D eigenvalue weighted by Crippen LogP contribution is 2.19. The highest BCUT2D eigenvalue weighted by atomic mass is 19.1. The van der Waals surface area contributed by atoms with Crippen molar-refractivity contribution in [2.75, 3.05) is 13.2 Å². The van der Waals surface area contributed by atoms with Crippen molar-refractivity contribution >= 4 is 0 Å². The maximum atomic E-state index is 13.4. The lowest BCUT2D eigenvalue weighted by Crippen LogP contribution is -2.23. The van der Waals surface area contributed by atoms with Crippen LogP contribution in [0.1, 0.15) is 31.4 Å². The van der Waals surface area contributed by atoms with Gasteiger partial charge < -0.3 is 5.32 Å². The zero-order valence-corrected chi connectivity index (χ0v) is 8.97. The lowest BCUT2D eigenvalue weighted by Gasteiger charge is -2.17. The second kappa shape index (κ2) is 6.51. The Labute approximate surface area is 89.5 Å². The summed E-state index contributed by atoms with van der Waals surface area (Å²) < 4.78 is 25.3. The second-order valence-corrected chi connectivity index (χ2v) is 3.48. The molecule has 0 saturated carbocycles. The SMILES string of the molecule is CC[C@@H](NCCCF)c1ccccc1F. The summed E-state index contributed by atoms with van der Waals surface area (Å²) in [7, 11) is 0. The van der Waals surface area contributed by atoms with Crippen LogP contribution in [-0.2, 0) is 0 Å². The smallest absolute Gasteiger partial charge is 0.127 e. The maximum absolute atomic E-state index is 13.4. The standard InChI is InChI=1S/C12H17F2N/c1-2-12(15-9-5-8-13)10-6-3-4-7-11(10)14/h3-4,6-7,12,15H,2,5,8-9H2,1H3/t12-/m1/s1. The summed E-state index contributed by atoms with van der Waals surface area (Å²) >= 11 is 0. The molecule has 0 amide bonds. The van der Waals surface area contributed by atoms with Crippen LogP contribution >= 0.6 is 0 Å². The predicted octanol–water partition coefficient (Wildman–Crippen LogP) is 3.23. The lowest BCUT2D eigenvalue weighted by atomic mass is 10.0. The lowest BCUT2D eigenvalue weighted by molar-refractivity contribution is 0.428. The first kappa shape index (κ1) is 12.1. The third-order valence-corrected chi connectivity index (χ3v) is 2.39. The van der Waals surface area contributed by atoms with E-state index in [0.29, 0.717) is 18.5 Å². The Balaban J connectivity index is 2.61. The second-order valence-electron chi connectivity index (χ2n) is 3.48. The van der Waals surface area contributed by atoms with Gasteiger partial charge in [-0.3, -0.25) is 4.39 Å². The number of hydrogen-bond acceptors (Lipinski definition) is 1. The summed E-state index contributed by atoms with van der Waals surface area (Å²) in [5.41, 5.74) is 0.666. The molecule has 1 aromatic carbocycles. The Kier molecular flexibility index (Phi) is 5.26. The minimum Gasteiger partial charge on any atom is -0.310 e. The molecular weight excluding hydrogens is 196 g/mol. The van der Waals surface area contributed by atoms with E-state index >= 15 is 0 Å². The van der Waals surface area contributed by atoms with Crippen molar-refractivity contribution in [1.29, 1.82) is 0 Å². The van der Waals surface area contributed by atoms with Gasteiger partial charge in [0.05, 0.1) is 6.67 Å². The molecule has 1 atom stereocenters. The van der Waals surface area contributed by atoms with Crippen LogP contribution in [0.5, 0.6) is 0 Å². The molecule has 0 aliphatic rings. The number of halogens is 2. The summed E-state index contributed by atoms with van der Waals surface area (Å²) in [5.74, 6) is -0.197. The van der Waals surface area contributed by atoms with Gasteiger partial charge in [-0.05, 0) is 25.5 Å². The van der Waals surface area contributed by atoms with Crippen molar-refractivity contribution in [3.8, 4) is 0 Å². The molecule has 84 valence electrons. The van der Waals surface area contributed by atoms with Crippen molar-refractivity contribution < 1.29 is 8.78 Å². The molecule has 0 fully saturated rings. The van der Waals surface area contributed by atoms with Crippen LogP contribution in [0.4, 0.5) is 8.78 Å². The molecule has 1 nitrogen and oxygen atoms in total. The summed E-state index contributed by atoms with van der Waals surface area (Å²) in [6.07, 6.45) is 1.28. The van der Waals surface area contributed by atoms with E-state index in [1.54, 1.807) is 12.1 Å². The van der Waals surface area contributed by atoms with Gasteiger partial charge >= 0.3 is 0 Å². The first-order valence-electron chi connectivity index (χ1n) is 5.33. The van der Waals surface area contributed by atoms with Crippen LogP contribution in [0.3, 0.4) is 0 Å². The van der Waals surface area contributed by atoms with E-state index in [1.807, 2.05) is 13.0 Å². The van der Waals surface area contributed by atoms with Gasteiger partial charge in [0, 0.05) is 11.6 Å². The molecule has 0 aliphatic carbocycles. The Hall–Kier alpha value is -0.960. The molecular formula is C12H17F2N. The van der Waals surface area contributed by atoms with Gasteiger partial charge in [-0.25, -0.2) is 4.39 Å². The quantitative estimate of drug-likeness (QED) is 0.715. The minimum atomic E-state index is -0.333. The van der Waals surface area contributed by atoms with Gasteiger partial charge in [-0.1, -0.05) is 25.1 Å². The van der Waals surface area contributed by atoms with Crippen LogP contribution in [-0.4, -0.2) is 13.2 Å². The average molecular weight is 213 g/mol. The highest BCUT2D eigenvalue weighted by molar-refractivity contribution is 5.20. The highest BCUT2D eigenvalue weighted by Gasteiger charge is 2.11. The third kappa shape index (κ3) is 3.59. The van der Waals surface area contributed by atoms with E-state index in [4.69, 9.17) is 0 Å². The van der Waals surface area contributed by atoms with E-state index in [0.717, 1.165) is 6.42 Å². The Morgan fingerprint density at radius 2 is 2.07 bits per heavy atom. The van der Waals surface area contributed by atoms with Crippen LogP contribution in [0, 0.1) is 5.82 Å². The molecule has 0 saturated heterocycles. The molecule has 1 aromatic rings. The van der Waals surface area contributed by atoms with Crippen molar-refractivity contribution in [2.45, 2.75) is 25.8 Å². The number of hydrogen-bond donors (Lipinski definition) is 1. The fraction of sp³-hybridized carbons (Fsp3) is 0.500. The van der Waals surface area contributed by atoms with Crippen LogP contribution < -0.4 is 5.32 Å². The van der Waals surface area contributed by atoms with Gasteiger partial charge in [0.15, 0.2) is 0 Å². The number of nitrogens with one attached hydrogen (secondary N) is 1. The van der Waals surface area contributed by atoms with Gasteiger partial charge in [-0.15, -0.1) is 0 Å². The fourth-order valence-corrected chi connectivity index (χ4v) is 1.58. The molecule has 0 aliphatic heterocycles. The Morgan fingerprint density at radius 3 is 2.67 bits per heavy atom. The molecule has 15 heavy (non-hydrogen) atoms. The van der Waals surface area contributed by atoms with Gasteiger partial charge in [0.2, 0.25) is 0 Å². The van der Waals surface area contributed by atoms with Crippen molar-refractivity contribution in [3.05, 3.63) is 35.6 Å². The van der Waals surface area contributed by atoms with Gasteiger partial charge in [0.25, 0.3) is 0 Å². The van der Waals surface area contributed by atoms with Crippen molar-refractivity contribution in [3.63, 3.8) is 0 Å². The minimum absolute atomic E-state index is 0.0160. The zero-order chi connectivity index (χ0) is 11.1. The number of benzene rings is 1. The van der Waals surface area contributed by atoms with E-state index < -0.39 is 0 Å². The van der Waals surface area contributed by atoms with Crippen LogP contribution in [0.25, 0.3) is 0 Å². The average Bonchev–Trinajstić information content (AvgIpc) is 2.26. The van der Waals surface area contributed by atoms with Gasteiger partial charge in [0.1, 0.15) is 5.82 Å². The third-order valence-electron chi connectivity index (χ3n) is 2.39. The number of rotatable bonds is 6. The first-order chi connectivity index (χ1) is 7.29. The summed E-state index contributed by atoms with van der Waals surface area (Å²) in [4.78, 5) is 0. The fourth-order valence-electron chi connectivity index (χ4n) is 1.58. The molecule has 0 heterocycles. The first-order valence-corrected chi connectivity index (χ1v) is 5.33. The molecule has 1 N–H and O–H groups in total. The summed E-state index contributed by atoms with van der Waals surface area (Å²) in [5, 5.41) is 3.15. The normalized spacial score (nSPS) is 12.7. The molecule has 3 heteroatoms. The van der Waals surface area contributed by atoms with E-state index in [2.05, 4.69) is 5.32 Å². The molecule has 1 rings (SSSR count). The van der Waals surface area contributed by atoms with E-state index in [1.165, 1.54) is 6.07 Å². The summed E-state index contributed by atoms with van der Waals surface area (Å²) in [6, 6.07) is 6.70. The van der Waals surface area contributed by atoms with Crippen molar-refractivity contribution in [2.24, 2.45) is 0 Å². The van der Waals surface area contributed by atoms with Crippen molar-refractivity contribution in [1.82, 2.24) is 5.32 Å². The van der Waals surface area contributed by atoms with Gasteiger partial charge in [-0.2, -0.15) is 0 Å². The molecule has 0 spiro atoms. The molecule has 0 bridgehead atoms. The summed E-state index contributed by atoms with van der Waals surface area (Å²) in [6.45, 7) is 2.24. The monoisotopic (exact) mass is 213 g/mol. The molecule has 0 unspecified atom stereocenters. The zero-order valence-electron chi connectivity index (χ0n) is 8.97.